The molecule has 0 aromatic heterocycles. The van der Waals surface area contributed by atoms with Gasteiger partial charge in [-0.15, -0.1) is 0 Å². The van der Waals surface area contributed by atoms with Crippen molar-refractivity contribution >= 4 is 5.71 Å². The van der Waals surface area contributed by atoms with Crippen molar-refractivity contribution in [1.29, 1.82) is 0 Å². The largest absolute Gasteiger partial charge is 0.411 e. The van der Waals surface area contributed by atoms with Gasteiger partial charge in [0.1, 0.15) is 0 Å². The SMILES string of the molecule is ON=C(CCCN1CCCCC1)c1ccccc1. The highest BCUT2D eigenvalue weighted by Gasteiger charge is 2.10. The van der Waals surface area contributed by atoms with Crippen LogP contribution in [-0.4, -0.2) is 35.5 Å². The molecule has 18 heavy (non-hydrogen) atoms. The van der Waals surface area contributed by atoms with Gasteiger partial charge in [-0.05, 0) is 50.9 Å². The molecule has 1 saturated heterocycles. The van der Waals surface area contributed by atoms with Crippen molar-refractivity contribution in [2.75, 3.05) is 19.6 Å². The van der Waals surface area contributed by atoms with Crippen molar-refractivity contribution < 1.29 is 5.21 Å². The Labute approximate surface area is 109 Å². The van der Waals surface area contributed by atoms with Crippen LogP contribution in [0.5, 0.6) is 0 Å². The maximum absolute atomic E-state index is 9.09. The van der Waals surface area contributed by atoms with Gasteiger partial charge in [-0.25, -0.2) is 0 Å². The molecule has 2 rings (SSSR count). The molecule has 1 aliphatic heterocycles. The van der Waals surface area contributed by atoms with Gasteiger partial charge in [-0.2, -0.15) is 0 Å². The van der Waals surface area contributed by atoms with Gasteiger partial charge in [0.25, 0.3) is 0 Å². The molecular weight excluding hydrogens is 224 g/mol. The summed E-state index contributed by atoms with van der Waals surface area (Å²) in [7, 11) is 0. The highest BCUT2D eigenvalue weighted by Crippen LogP contribution is 2.11. The van der Waals surface area contributed by atoms with Gasteiger partial charge in [0.2, 0.25) is 0 Å². The van der Waals surface area contributed by atoms with E-state index in [4.69, 9.17) is 5.21 Å². The van der Waals surface area contributed by atoms with E-state index in [1.807, 2.05) is 30.3 Å². The molecule has 0 spiro atoms. The number of likely N-dealkylation sites (tertiary alicyclic amines) is 1. The molecule has 0 aliphatic carbocycles. The molecular formula is C15H22N2O. The number of nitrogens with zero attached hydrogens (tertiary/aromatic N) is 2. The van der Waals surface area contributed by atoms with Crippen LogP contribution >= 0.6 is 0 Å². The average Bonchev–Trinajstić information content (AvgIpc) is 2.46. The van der Waals surface area contributed by atoms with Crippen LogP contribution in [-0.2, 0) is 0 Å². The summed E-state index contributed by atoms with van der Waals surface area (Å²) in [6.45, 7) is 3.58. The van der Waals surface area contributed by atoms with Gasteiger partial charge >= 0.3 is 0 Å². The second kappa shape index (κ2) is 7.17. The maximum Gasteiger partial charge on any atom is 0.0868 e. The predicted molar refractivity (Wildman–Crippen MR) is 74.3 cm³/mol. The molecule has 0 amide bonds. The van der Waals surface area contributed by atoms with Gasteiger partial charge in [0.05, 0.1) is 5.71 Å². The normalized spacial score (nSPS) is 17.9. The Morgan fingerprint density at radius 2 is 1.83 bits per heavy atom. The fraction of sp³-hybridized carbons (Fsp3) is 0.533. The topological polar surface area (TPSA) is 35.8 Å². The maximum atomic E-state index is 9.09. The first-order chi connectivity index (χ1) is 8.90. The summed E-state index contributed by atoms with van der Waals surface area (Å²) in [5.74, 6) is 0. The molecule has 0 radical (unpaired) electrons. The summed E-state index contributed by atoms with van der Waals surface area (Å²) in [5, 5.41) is 12.5. The first-order valence-corrected chi connectivity index (χ1v) is 6.89. The summed E-state index contributed by atoms with van der Waals surface area (Å²) in [6.07, 6.45) is 5.95. The molecule has 98 valence electrons. The van der Waals surface area contributed by atoms with Gasteiger partial charge in [0, 0.05) is 0 Å². The second-order valence-electron chi connectivity index (χ2n) is 4.92. The van der Waals surface area contributed by atoms with Crippen LogP contribution in [0.2, 0.25) is 0 Å². The third-order valence-electron chi connectivity index (χ3n) is 3.56. The second-order valence-corrected chi connectivity index (χ2v) is 4.92. The summed E-state index contributed by atoms with van der Waals surface area (Å²) in [5.41, 5.74) is 1.83. The summed E-state index contributed by atoms with van der Waals surface area (Å²) in [6, 6.07) is 9.93. The van der Waals surface area contributed by atoms with Crippen molar-refractivity contribution in [3.8, 4) is 0 Å². The number of oxime groups is 1. The molecule has 1 heterocycles. The average molecular weight is 246 g/mol. The monoisotopic (exact) mass is 246 g/mol. The number of hydrogen-bond acceptors (Lipinski definition) is 3. The molecule has 1 N–H and O–H groups in total. The van der Waals surface area contributed by atoms with Crippen molar-refractivity contribution in [3.05, 3.63) is 35.9 Å². The minimum atomic E-state index is 0.799. The first kappa shape index (κ1) is 13.1. The molecule has 0 atom stereocenters. The summed E-state index contributed by atoms with van der Waals surface area (Å²) >= 11 is 0. The number of hydrogen-bond donors (Lipinski definition) is 1. The van der Waals surface area contributed by atoms with Crippen molar-refractivity contribution in [3.63, 3.8) is 0 Å². The molecule has 0 unspecified atom stereocenters. The first-order valence-electron chi connectivity index (χ1n) is 6.89. The zero-order valence-electron chi connectivity index (χ0n) is 10.9. The predicted octanol–water partition coefficient (Wildman–Crippen LogP) is 3.13. The standard InChI is InChI=1S/C15H22N2O/c18-16-15(14-8-3-1-4-9-14)10-7-13-17-11-5-2-6-12-17/h1,3-4,8-9,18H,2,5-7,10-13H2. The van der Waals surface area contributed by atoms with E-state index in [-0.39, 0.29) is 0 Å². The Balaban J connectivity index is 1.78. The summed E-state index contributed by atoms with van der Waals surface area (Å²) < 4.78 is 0. The third kappa shape index (κ3) is 3.84. The van der Waals surface area contributed by atoms with E-state index >= 15 is 0 Å². The lowest BCUT2D eigenvalue weighted by molar-refractivity contribution is 0.227. The Morgan fingerprint density at radius 1 is 1.11 bits per heavy atom. The van der Waals surface area contributed by atoms with Crippen LogP contribution in [0.4, 0.5) is 0 Å². The lowest BCUT2D eigenvalue weighted by Crippen LogP contribution is -2.30. The van der Waals surface area contributed by atoms with Gasteiger partial charge < -0.3 is 10.1 Å². The van der Waals surface area contributed by atoms with E-state index in [9.17, 15) is 0 Å². The van der Waals surface area contributed by atoms with Crippen molar-refractivity contribution in [1.82, 2.24) is 4.90 Å². The Kier molecular flexibility index (Phi) is 5.21. The van der Waals surface area contributed by atoms with E-state index < -0.39 is 0 Å². The zero-order valence-corrected chi connectivity index (χ0v) is 10.9. The summed E-state index contributed by atoms with van der Waals surface area (Å²) in [4.78, 5) is 2.52. The highest BCUT2D eigenvalue weighted by molar-refractivity contribution is 6.00. The molecule has 3 nitrogen and oxygen atoms in total. The van der Waals surface area contributed by atoms with Crippen LogP contribution in [0, 0.1) is 0 Å². The zero-order chi connectivity index (χ0) is 12.6. The molecule has 0 bridgehead atoms. The number of rotatable bonds is 5. The Morgan fingerprint density at radius 3 is 2.50 bits per heavy atom. The van der Waals surface area contributed by atoms with Crippen molar-refractivity contribution in [2.45, 2.75) is 32.1 Å². The van der Waals surface area contributed by atoms with E-state index in [0.29, 0.717) is 0 Å². The highest BCUT2D eigenvalue weighted by atomic mass is 16.4. The van der Waals surface area contributed by atoms with Crippen LogP contribution < -0.4 is 0 Å². The van der Waals surface area contributed by atoms with E-state index in [1.54, 1.807) is 0 Å². The van der Waals surface area contributed by atoms with Crippen molar-refractivity contribution in [2.24, 2.45) is 5.16 Å². The van der Waals surface area contributed by atoms with Gasteiger partial charge in [-0.3, -0.25) is 0 Å². The number of benzene rings is 1. The van der Waals surface area contributed by atoms with Crippen LogP contribution in [0.15, 0.2) is 35.5 Å². The van der Waals surface area contributed by atoms with Gasteiger partial charge in [-0.1, -0.05) is 41.9 Å². The van der Waals surface area contributed by atoms with Crippen LogP contribution in [0.1, 0.15) is 37.7 Å². The lowest BCUT2D eigenvalue weighted by atomic mass is 10.1. The Hall–Kier alpha value is -1.35. The van der Waals surface area contributed by atoms with Crippen LogP contribution in [0.3, 0.4) is 0 Å². The minimum absolute atomic E-state index is 0.799. The van der Waals surface area contributed by atoms with E-state index in [2.05, 4.69) is 10.1 Å². The minimum Gasteiger partial charge on any atom is -0.411 e. The molecule has 1 aromatic rings. The molecule has 1 aliphatic rings. The van der Waals surface area contributed by atoms with E-state index in [0.717, 1.165) is 30.7 Å². The molecule has 0 saturated carbocycles. The van der Waals surface area contributed by atoms with Gasteiger partial charge in [0.15, 0.2) is 0 Å². The fourth-order valence-electron chi connectivity index (χ4n) is 2.54. The molecule has 1 aromatic carbocycles. The number of piperidine rings is 1. The fourth-order valence-corrected chi connectivity index (χ4v) is 2.54. The molecule has 1 fully saturated rings. The smallest absolute Gasteiger partial charge is 0.0868 e. The van der Waals surface area contributed by atoms with Crippen LogP contribution in [0.25, 0.3) is 0 Å². The molecule has 3 heteroatoms. The lowest BCUT2D eigenvalue weighted by Gasteiger charge is -2.26. The Bertz CT molecular complexity index is 369. The third-order valence-corrected chi connectivity index (χ3v) is 3.56. The van der Waals surface area contributed by atoms with E-state index in [1.165, 1.54) is 32.4 Å². The quantitative estimate of drug-likeness (QED) is 0.492.